The monoisotopic (exact) mass is 224 g/mol. The van der Waals surface area contributed by atoms with Crippen molar-refractivity contribution < 1.29 is 9.90 Å². The topological polar surface area (TPSA) is 55.1 Å². The Labute approximate surface area is 96.3 Å². The van der Waals surface area contributed by atoms with E-state index in [-0.39, 0.29) is 6.04 Å². The second kappa shape index (κ2) is 4.28. The SMILES string of the molecule is CCc1cc(C(C)(C)C(=O)O)nn1C(C)C. The van der Waals surface area contributed by atoms with Crippen LogP contribution in [0.2, 0.25) is 0 Å². The molecule has 0 unspecified atom stereocenters. The number of carbonyl (C=O) groups is 1. The third-order valence-corrected chi connectivity index (χ3v) is 2.84. The summed E-state index contributed by atoms with van der Waals surface area (Å²) < 4.78 is 1.90. The normalized spacial score (nSPS) is 12.1. The minimum Gasteiger partial charge on any atom is -0.481 e. The fourth-order valence-corrected chi connectivity index (χ4v) is 1.56. The predicted octanol–water partition coefficient (Wildman–Crippen LogP) is 2.39. The summed E-state index contributed by atoms with van der Waals surface area (Å²) >= 11 is 0. The molecule has 1 rings (SSSR count). The molecule has 1 aromatic heterocycles. The maximum absolute atomic E-state index is 11.2. The van der Waals surface area contributed by atoms with Gasteiger partial charge >= 0.3 is 5.97 Å². The summed E-state index contributed by atoms with van der Waals surface area (Å²) in [4.78, 5) is 11.2. The van der Waals surface area contributed by atoms with Crippen LogP contribution in [0.3, 0.4) is 0 Å². The molecule has 0 amide bonds. The lowest BCUT2D eigenvalue weighted by molar-refractivity contribution is -0.142. The molecular weight excluding hydrogens is 204 g/mol. The van der Waals surface area contributed by atoms with Gasteiger partial charge in [-0.3, -0.25) is 9.48 Å². The highest BCUT2D eigenvalue weighted by Gasteiger charge is 2.33. The summed E-state index contributed by atoms with van der Waals surface area (Å²) in [6, 6.07) is 2.15. The number of rotatable bonds is 4. The van der Waals surface area contributed by atoms with Crippen LogP contribution in [0.25, 0.3) is 0 Å². The minimum absolute atomic E-state index is 0.258. The summed E-state index contributed by atoms with van der Waals surface area (Å²) in [5.41, 5.74) is 0.786. The zero-order chi connectivity index (χ0) is 12.5. The van der Waals surface area contributed by atoms with E-state index >= 15 is 0 Å². The molecule has 0 aromatic carbocycles. The molecule has 0 fully saturated rings. The highest BCUT2D eigenvalue weighted by molar-refractivity contribution is 5.79. The van der Waals surface area contributed by atoms with Gasteiger partial charge in [0.1, 0.15) is 5.41 Å². The van der Waals surface area contributed by atoms with E-state index in [1.807, 2.05) is 31.5 Å². The van der Waals surface area contributed by atoms with Crippen molar-refractivity contribution in [3.8, 4) is 0 Å². The van der Waals surface area contributed by atoms with Gasteiger partial charge in [-0.05, 0) is 40.2 Å². The Balaban J connectivity index is 3.23. The molecule has 0 aliphatic carbocycles. The molecule has 1 heterocycles. The average Bonchev–Trinajstić information content (AvgIpc) is 2.61. The first-order valence-electron chi connectivity index (χ1n) is 5.63. The second-order valence-corrected chi connectivity index (χ2v) is 4.84. The molecule has 0 bridgehead atoms. The van der Waals surface area contributed by atoms with Gasteiger partial charge in [0.05, 0.1) is 5.69 Å². The van der Waals surface area contributed by atoms with Crippen LogP contribution < -0.4 is 0 Å². The van der Waals surface area contributed by atoms with Gasteiger partial charge in [-0.2, -0.15) is 5.10 Å². The lowest BCUT2D eigenvalue weighted by Gasteiger charge is -2.16. The maximum Gasteiger partial charge on any atom is 0.315 e. The Morgan fingerprint density at radius 3 is 2.44 bits per heavy atom. The summed E-state index contributed by atoms with van der Waals surface area (Å²) in [5, 5.41) is 13.6. The molecule has 0 spiro atoms. The van der Waals surface area contributed by atoms with Gasteiger partial charge in [-0.25, -0.2) is 0 Å². The number of aliphatic carboxylic acids is 1. The molecule has 0 saturated carbocycles. The van der Waals surface area contributed by atoms with Crippen LogP contribution in [0.1, 0.15) is 52.0 Å². The van der Waals surface area contributed by atoms with Crippen molar-refractivity contribution in [1.29, 1.82) is 0 Å². The van der Waals surface area contributed by atoms with E-state index < -0.39 is 11.4 Å². The molecule has 0 aliphatic heterocycles. The summed E-state index contributed by atoms with van der Waals surface area (Å²) in [6.45, 7) is 9.50. The Kier molecular flexibility index (Phi) is 3.41. The minimum atomic E-state index is -0.927. The van der Waals surface area contributed by atoms with E-state index in [1.165, 1.54) is 0 Å². The van der Waals surface area contributed by atoms with Crippen LogP contribution in [0, 0.1) is 0 Å². The highest BCUT2D eigenvalue weighted by Crippen LogP contribution is 2.24. The molecule has 4 nitrogen and oxygen atoms in total. The van der Waals surface area contributed by atoms with Crippen molar-refractivity contribution in [1.82, 2.24) is 9.78 Å². The zero-order valence-corrected chi connectivity index (χ0v) is 10.6. The number of aromatic nitrogens is 2. The molecule has 0 saturated heterocycles. The third-order valence-electron chi connectivity index (χ3n) is 2.84. The Hall–Kier alpha value is -1.32. The first-order valence-corrected chi connectivity index (χ1v) is 5.63. The van der Waals surface area contributed by atoms with E-state index in [0.29, 0.717) is 5.69 Å². The Bertz CT molecular complexity index is 392. The van der Waals surface area contributed by atoms with Crippen molar-refractivity contribution in [3.05, 3.63) is 17.5 Å². The molecule has 0 atom stereocenters. The van der Waals surface area contributed by atoms with Crippen LogP contribution in [-0.4, -0.2) is 20.9 Å². The zero-order valence-electron chi connectivity index (χ0n) is 10.6. The van der Waals surface area contributed by atoms with E-state index in [0.717, 1.165) is 12.1 Å². The standard InChI is InChI=1S/C12H20N2O2/c1-6-9-7-10(12(4,5)11(15)16)13-14(9)8(2)3/h7-8H,6H2,1-5H3,(H,15,16). The number of hydrogen-bond acceptors (Lipinski definition) is 2. The van der Waals surface area contributed by atoms with Gasteiger partial charge in [-0.1, -0.05) is 6.92 Å². The van der Waals surface area contributed by atoms with Crippen molar-refractivity contribution in [2.24, 2.45) is 0 Å². The molecule has 0 radical (unpaired) electrons. The van der Waals surface area contributed by atoms with Crippen LogP contribution in [-0.2, 0) is 16.6 Å². The maximum atomic E-state index is 11.2. The predicted molar refractivity (Wildman–Crippen MR) is 62.7 cm³/mol. The molecule has 90 valence electrons. The molecule has 1 N–H and O–H groups in total. The van der Waals surface area contributed by atoms with Crippen LogP contribution in [0.15, 0.2) is 6.07 Å². The quantitative estimate of drug-likeness (QED) is 0.854. The van der Waals surface area contributed by atoms with Gasteiger partial charge < -0.3 is 5.11 Å². The van der Waals surface area contributed by atoms with Crippen molar-refractivity contribution in [2.75, 3.05) is 0 Å². The van der Waals surface area contributed by atoms with Crippen molar-refractivity contribution in [3.63, 3.8) is 0 Å². The number of nitrogens with zero attached hydrogens (tertiary/aromatic N) is 2. The van der Waals surface area contributed by atoms with Gasteiger partial charge in [0.25, 0.3) is 0 Å². The van der Waals surface area contributed by atoms with Gasteiger partial charge in [0.15, 0.2) is 0 Å². The molecule has 16 heavy (non-hydrogen) atoms. The second-order valence-electron chi connectivity index (χ2n) is 4.84. The molecule has 4 heteroatoms. The van der Waals surface area contributed by atoms with E-state index in [9.17, 15) is 4.79 Å². The number of carboxylic acids is 1. The van der Waals surface area contributed by atoms with Crippen molar-refractivity contribution >= 4 is 5.97 Å². The molecule has 0 aliphatic rings. The lowest BCUT2D eigenvalue weighted by Crippen LogP contribution is -2.29. The Morgan fingerprint density at radius 2 is 2.12 bits per heavy atom. The van der Waals surface area contributed by atoms with Crippen LogP contribution in [0.4, 0.5) is 0 Å². The van der Waals surface area contributed by atoms with Crippen molar-refractivity contribution in [2.45, 2.75) is 52.5 Å². The lowest BCUT2D eigenvalue weighted by atomic mass is 9.89. The largest absolute Gasteiger partial charge is 0.481 e. The van der Waals surface area contributed by atoms with E-state index in [1.54, 1.807) is 13.8 Å². The number of aryl methyl sites for hydroxylation is 1. The number of hydrogen-bond donors (Lipinski definition) is 1. The van der Waals surface area contributed by atoms with Gasteiger partial charge in [0, 0.05) is 11.7 Å². The average molecular weight is 224 g/mol. The molecule has 1 aromatic rings. The van der Waals surface area contributed by atoms with E-state index in [4.69, 9.17) is 5.11 Å². The number of carboxylic acid groups (broad SMARTS) is 1. The summed E-state index contributed by atoms with van der Waals surface area (Å²) in [6.07, 6.45) is 0.862. The van der Waals surface area contributed by atoms with Gasteiger partial charge in [0.2, 0.25) is 0 Å². The highest BCUT2D eigenvalue weighted by atomic mass is 16.4. The first-order chi connectivity index (χ1) is 7.30. The van der Waals surface area contributed by atoms with Gasteiger partial charge in [-0.15, -0.1) is 0 Å². The Morgan fingerprint density at radius 1 is 1.56 bits per heavy atom. The van der Waals surface area contributed by atoms with E-state index in [2.05, 4.69) is 5.10 Å². The fourth-order valence-electron chi connectivity index (χ4n) is 1.56. The van der Waals surface area contributed by atoms with Crippen LogP contribution in [0.5, 0.6) is 0 Å². The van der Waals surface area contributed by atoms with Crippen LogP contribution >= 0.6 is 0 Å². The fraction of sp³-hybridized carbons (Fsp3) is 0.667. The third kappa shape index (κ3) is 2.10. The smallest absolute Gasteiger partial charge is 0.315 e. The molecular formula is C12H20N2O2. The summed E-state index contributed by atoms with van der Waals surface area (Å²) in [5.74, 6) is -0.844. The summed E-state index contributed by atoms with van der Waals surface area (Å²) in [7, 11) is 0. The first kappa shape index (κ1) is 12.7.